The topological polar surface area (TPSA) is 26.3 Å². The summed E-state index contributed by atoms with van der Waals surface area (Å²) in [6.07, 6.45) is -6.05. The first kappa shape index (κ1) is 7.97. The molecule has 0 rings (SSSR count). The van der Waals surface area contributed by atoms with Crippen molar-refractivity contribution in [2.24, 2.45) is 0 Å². The van der Waals surface area contributed by atoms with E-state index in [1.54, 1.807) is 0 Å². The number of esters is 1. The average Bonchev–Trinajstić information content (AvgIpc) is 2.10. The van der Waals surface area contributed by atoms with Gasteiger partial charge in [0, 0.05) is 16.6 Å². The van der Waals surface area contributed by atoms with Gasteiger partial charge in [-0.05, 0) is 6.85 Å². The van der Waals surface area contributed by atoms with Crippen LogP contribution in [0, 0.1) is 0 Å². The van der Waals surface area contributed by atoms with Crippen LogP contribution in [-0.2, 0) is 9.53 Å². The Morgan fingerprint density at radius 2 is 1.81 bits per heavy atom. The van der Waals surface area contributed by atoms with E-state index in [9.17, 15) is 31.1 Å². The Morgan fingerprint density at radius 1 is 1.31 bits per heavy atom. The molecule has 0 aromatic rings. The Kier molecular flexibility index (Phi) is 1.98. The second-order valence-electron chi connectivity index (χ2n) is 2.74. The second-order valence-corrected chi connectivity index (χ2v) is 2.74. The van der Waals surface area contributed by atoms with Gasteiger partial charge in [0.2, 0.25) is 0 Å². The second kappa shape index (κ2) is 3.99. The summed E-state index contributed by atoms with van der Waals surface area (Å²) in [5.41, 5.74) is -1.95. The molecule has 94 valence electrons. The van der Waals surface area contributed by atoms with Crippen LogP contribution in [0.15, 0.2) is 12.1 Å². The summed E-state index contributed by atoms with van der Waals surface area (Å²) in [7, 11) is 0. The van der Waals surface area contributed by atoms with Gasteiger partial charge >= 0.3 is 23.9 Å². The SMILES string of the molecule is [2H]C([2H])=C(C(=O)OC(F)(F)C(F)(F)C(C)(F)F)C([2H])([2H])[2H]. The normalized spacial score (nSPS) is 18.6. The molecule has 0 unspecified atom stereocenters. The van der Waals surface area contributed by atoms with Crippen molar-refractivity contribution in [3.05, 3.63) is 12.1 Å². The molecule has 0 spiro atoms. The fourth-order valence-corrected chi connectivity index (χ4v) is 0.487. The number of carbonyl (C=O) groups is 1. The monoisotopic (exact) mass is 255 g/mol. The van der Waals surface area contributed by atoms with Crippen LogP contribution in [0.2, 0.25) is 0 Å². The van der Waals surface area contributed by atoms with Crippen molar-refractivity contribution in [1.29, 1.82) is 0 Å². The van der Waals surface area contributed by atoms with Gasteiger partial charge in [-0.2, -0.15) is 26.3 Å². The molecule has 0 amide bonds. The fourth-order valence-electron chi connectivity index (χ4n) is 0.487. The molecular formula is C8H8F6O2. The minimum Gasteiger partial charge on any atom is -0.393 e. The lowest BCUT2D eigenvalue weighted by Gasteiger charge is -2.29. The summed E-state index contributed by atoms with van der Waals surface area (Å²) in [6.45, 7) is -5.96. The van der Waals surface area contributed by atoms with E-state index >= 15 is 0 Å². The van der Waals surface area contributed by atoms with Crippen LogP contribution in [0.1, 0.15) is 20.6 Å². The van der Waals surface area contributed by atoms with Crippen LogP contribution in [-0.4, -0.2) is 23.9 Å². The standard InChI is InChI=1S/C8H8F6O2/c1-4(2)5(15)16-8(13,14)7(11,12)6(3,9)10/h1H2,2-3H3/i1D2,2D3. The highest BCUT2D eigenvalue weighted by Gasteiger charge is 2.72. The fraction of sp³-hybridized carbons (Fsp3) is 0.625. The van der Waals surface area contributed by atoms with Crippen molar-refractivity contribution in [3.8, 4) is 0 Å². The molecule has 16 heavy (non-hydrogen) atoms. The summed E-state index contributed by atoms with van der Waals surface area (Å²) >= 11 is 0. The third-order valence-electron chi connectivity index (χ3n) is 1.34. The van der Waals surface area contributed by atoms with Gasteiger partial charge in [-0.15, -0.1) is 0 Å². The molecule has 0 saturated heterocycles. The van der Waals surface area contributed by atoms with Gasteiger partial charge in [0.05, 0.1) is 2.74 Å². The van der Waals surface area contributed by atoms with Crippen molar-refractivity contribution in [2.45, 2.75) is 31.7 Å². The average molecular weight is 255 g/mol. The van der Waals surface area contributed by atoms with E-state index < -0.39 is 49.8 Å². The number of hydrogen-bond acceptors (Lipinski definition) is 2. The molecule has 0 aromatic heterocycles. The number of halogens is 6. The molecule has 0 saturated carbocycles. The van der Waals surface area contributed by atoms with Crippen LogP contribution in [0.25, 0.3) is 0 Å². The Bertz CT molecular complexity index is 449. The van der Waals surface area contributed by atoms with E-state index in [4.69, 9.17) is 6.85 Å². The van der Waals surface area contributed by atoms with Gasteiger partial charge in [-0.1, -0.05) is 6.53 Å². The highest BCUT2D eigenvalue weighted by Crippen LogP contribution is 2.46. The molecule has 0 radical (unpaired) electrons. The molecule has 0 bridgehead atoms. The number of alkyl halides is 6. The third-order valence-corrected chi connectivity index (χ3v) is 1.34. The van der Waals surface area contributed by atoms with Crippen molar-refractivity contribution < 1.29 is 42.7 Å². The molecule has 0 aromatic carbocycles. The van der Waals surface area contributed by atoms with E-state index in [2.05, 4.69) is 4.74 Å². The predicted octanol–water partition coefficient (Wildman–Crippen LogP) is 2.99. The number of hydrogen-bond donors (Lipinski definition) is 0. The molecule has 0 atom stereocenters. The summed E-state index contributed by atoms with van der Waals surface area (Å²) in [6, 6.07) is 0. The highest BCUT2D eigenvalue weighted by atomic mass is 19.3. The lowest BCUT2D eigenvalue weighted by atomic mass is 10.2. The summed E-state index contributed by atoms with van der Waals surface area (Å²) in [5.74, 6) is -14.1. The first-order valence-corrected chi connectivity index (χ1v) is 3.50. The van der Waals surface area contributed by atoms with Crippen LogP contribution >= 0.6 is 0 Å². The van der Waals surface area contributed by atoms with Crippen molar-refractivity contribution in [1.82, 2.24) is 0 Å². The summed E-state index contributed by atoms with van der Waals surface area (Å²) in [5, 5.41) is 0. The largest absolute Gasteiger partial charge is 0.473 e. The van der Waals surface area contributed by atoms with Crippen LogP contribution < -0.4 is 0 Å². The van der Waals surface area contributed by atoms with Crippen molar-refractivity contribution in [2.75, 3.05) is 0 Å². The number of ether oxygens (including phenoxy) is 1. The first-order chi connectivity index (χ1) is 8.95. The zero-order valence-electron chi connectivity index (χ0n) is 12.6. The Balaban J connectivity index is 5.58. The van der Waals surface area contributed by atoms with Gasteiger partial charge in [0.1, 0.15) is 0 Å². The first-order valence-electron chi connectivity index (χ1n) is 6.00. The smallest absolute Gasteiger partial charge is 0.393 e. The minimum absolute atomic E-state index is 0.560. The lowest BCUT2D eigenvalue weighted by Crippen LogP contribution is -2.54. The Labute approximate surface area is 93.9 Å². The van der Waals surface area contributed by atoms with Crippen molar-refractivity contribution >= 4 is 5.97 Å². The molecule has 0 aliphatic rings. The van der Waals surface area contributed by atoms with Crippen molar-refractivity contribution in [3.63, 3.8) is 0 Å². The highest BCUT2D eigenvalue weighted by molar-refractivity contribution is 5.87. The Hall–Kier alpha value is -1.21. The zero-order valence-corrected chi connectivity index (χ0v) is 7.58. The van der Waals surface area contributed by atoms with E-state index in [1.807, 2.05) is 0 Å². The molecule has 0 heterocycles. The maximum absolute atomic E-state index is 13.0. The van der Waals surface area contributed by atoms with Gasteiger partial charge in [-0.3, -0.25) is 0 Å². The predicted molar refractivity (Wildman–Crippen MR) is 41.4 cm³/mol. The molecule has 0 aliphatic heterocycles. The van der Waals surface area contributed by atoms with E-state index in [0.717, 1.165) is 0 Å². The maximum Gasteiger partial charge on any atom is 0.473 e. The number of carbonyl (C=O) groups excluding carboxylic acids is 1. The molecular weight excluding hydrogens is 242 g/mol. The van der Waals surface area contributed by atoms with E-state index in [0.29, 0.717) is 0 Å². The molecule has 8 heteroatoms. The number of rotatable bonds is 4. The van der Waals surface area contributed by atoms with Crippen LogP contribution in [0.3, 0.4) is 0 Å². The summed E-state index contributed by atoms with van der Waals surface area (Å²) < 4.78 is 112. The van der Waals surface area contributed by atoms with Gasteiger partial charge in [0.15, 0.2) is 0 Å². The van der Waals surface area contributed by atoms with E-state index in [-0.39, 0.29) is 0 Å². The molecule has 0 N–H and O–H groups in total. The molecule has 2 nitrogen and oxygen atoms in total. The minimum atomic E-state index is -6.13. The van der Waals surface area contributed by atoms with Crippen LogP contribution in [0.4, 0.5) is 26.3 Å². The van der Waals surface area contributed by atoms with Crippen LogP contribution in [0.5, 0.6) is 0 Å². The van der Waals surface area contributed by atoms with Gasteiger partial charge in [0.25, 0.3) is 0 Å². The van der Waals surface area contributed by atoms with E-state index in [1.165, 1.54) is 0 Å². The van der Waals surface area contributed by atoms with Gasteiger partial charge < -0.3 is 4.74 Å². The molecule has 0 fully saturated rings. The summed E-state index contributed by atoms with van der Waals surface area (Å²) in [4.78, 5) is 11.1. The third kappa shape index (κ3) is 2.67. The Morgan fingerprint density at radius 3 is 2.12 bits per heavy atom. The quantitative estimate of drug-likeness (QED) is 0.438. The zero-order chi connectivity index (χ0) is 17.4. The maximum atomic E-state index is 13.0. The lowest BCUT2D eigenvalue weighted by molar-refractivity contribution is -0.380. The van der Waals surface area contributed by atoms with Gasteiger partial charge in [-0.25, -0.2) is 4.79 Å². The molecule has 0 aliphatic carbocycles.